The summed E-state index contributed by atoms with van der Waals surface area (Å²) in [7, 11) is 1.36. The van der Waals surface area contributed by atoms with E-state index in [0.29, 0.717) is 12.2 Å². The lowest BCUT2D eigenvalue weighted by Crippen LogP contribution is -2.04. The van der Waals surface area contributed by atoms with Gasteiger partial charge in [-0.05, 0) is 30.7 Å². The van der Waals surface area contributed by atoms with E-state index >= 15 is 0 Å². The zero-order valence-electron chi connectivity index (χ0n) is 10.8. The number of ether oxygens (including phenoxy) is 2. The van der Waals surface area contributed by atoms with Crippen LogP contribution in [-0.2, 0) is 11.3 Å². The van der Waals surface area contributed by atoms with Crippen molar-refractivity contribution in [3.63, 3.8) is 0 Å². The van der Waals surface area contributed by atoms with Gasteiger partial charge in [0.2, 0.25) is 0 Å². The number of rotatable bonds is 6. The Kier molecular flexibility index (Phi) is 4.55. The van der Waals surface area contributed by atoms with Crippen molar-refractivity contribution < 1.29 is 14.3 Å². The van der Waals surface area contributed by atoms with E-state index in [1.807, 2.05) is 10.8 Å². The predicted octanol–water partition coefficient (Wildman–Crippen LogP) is 2.14. The number of imidazole rings is 1. The molecule has 0 saturated heterocycles. The minimum atomic E-state index is -0.341. The molecule has 0 unspecified atom stereocenters. The Balaban J connectivity index is 1.75. The molecule has 1 aromatic carbocycles. The quantitative estimate of drug-likeness (QED) is 0.590. The fourth-order valence-electron chi connectivity index (χ4n) is 1.66. The van der Waals surface area contributed by atoms with E-state index in [1.54, 1.807) is 36.8 Å². The monoisotopic (exact) mass is 260 g/mol. The first-order valence-electron chi connectivity index (χ1n) is 6.06. The minimum Gasteiger partial charge on any atom is -0.494 e. The van der Waals surface area contributed by atoms with Gasteiger partial charge >= 0.3 is 5.97 Å². The first kappa shape index (κ1) is 13.1. The highest BCUT2D eigenvalue weighted by Gasteiger charge is 2.04. The zero-order chi connectivity index (χ0) is 13.5. The fourth-order valence-corrected chi connectivity index (χ4v) is 1.66. The summed E-state index contributed by atoms with van der Waals surface area (Å²) < 4.78 is 12.2. The average molecular weight is 260 g/mol. The maximum Gasteiger partial charge on any atom is 0.337 e. The van der Waals surface area contributed by atoms with Gasteiger partial charge in [-0.3, -0.25) is 0 Å². The summed E-state index contributed by atoms with van der Waals surface area (Å²) in [6, 6.07) is 6.92. The molecular weight excluding hydrogens is 244 g/mol. The van der Waals surface area contributed by atoms with Gasteiger partial charge in [-0.25, -0.2) is 9.78 Å². The lowest BCUT2D eigenvalue weighted by atomic mass is 10.2. The van der Waals surface area contributed by atoms with E-state index in [2.05, 4.69) is 9.72 Å². The van der Waals surface area contributed by atoms with E-state index in [-0.39, 0.29) is 5.97 Å². The van der Waals surface area contributed by atoms with E-state index in [4.69, 9.17) is 4.74 Å². The van der Waals surface area contributed by atoms with Gasteiger partial charge in [-0.15, -0.1) is 0 Å². The number of carbonyl (C=O) groups excluding carboxylic acids is 1. The predicted molar refractivity (Wildman–Crippen MR) is 70.1 cm³/mol. The Labute approximate surface area is 111 Å². The van der Waals surface area contributed by atoms with Gasteiger partial charge in [0.15, 0.2) is 0 Å². The van der Waals surface area contributed by atoms with Crippen LogP contribution in [0.25, 0.3) is 0 Å². The van der Waals surface area contributed by atoms with E-state index < -0.39 is 0 Å². The van der Waals surface area contributed by atoms with E-state index in [0.717, 1.165) is 18.7 Å². The molecule has 0 N–H and O–H groups in total. The van der Waals surface area contributed by atoms with Crippen LogP contribution in [0.15, 0.2) is 43.0 Å². The first-order valence-corrected chi connectivity index (χ1v) is 6.06. The third-order valence-corrected chi connectivity index (χ3v) is 2.66. The normalized spacial score (nSPS) is 10.2. The molecule has 5 nitrogen and oxygen atoms in total. The number of hydrogen-bond donors (Lipinski definition) is 0. The summed E-state index contributed by atoms with van der Waals surface area (Å²) in [5, 5.41) is 0. The highest BCUT2D eigenvalue weighted by molar-refractivity contribution is 5.89. The number of benzene rings is 1. The number of carbonyl (C=O) groups is 1. The summed E-state index contributed by atoms with van der Waals surface area (Å²) in [6.45, 7) is 1.50. The molecule has 5 heteroatoms. The average Bonchev–Trinajstić information content (AvgIpc) is 2.96. The molecule has 0 aliphatic carbocycles. The third-order valence-electron chi connectivity index (χ3n) is 2.66. The fraction of sp³-hybridized carbons (Fsp3) is 0.286. The Morgan fingerprint density at radius 1 is 1.32 bits per heavy atom. The van der Waals surface area contributed by atoms with Crippen molar-refractivity contribution in [2.24, 2.45) is 0 Å². The summed E-state index contributed by atoms with van der Waals surface area (Å²) >= 11 is 0. The van der Waals surface area contributed by atoms with Gasteiger partial charge in [0, 0.05) is 18.9 Å². The Bertz CT molecular complexity index is 506. The smallest absolute Gasteiger partial charge is 0.337 e. The molecule has 100 valence electrons. The maximum atomic E-state index is 11.2. The second-order valence-electron chi connectivity index (χ2n) is 4.02. The van der Waals surface area contributed by atoms with Gasteiger partial charge in [0.1, 0.15) is 5.75 Å². The van der Waals surface area contributed by atoms with E-state index in [1.165, 1.54) is 7.11 Å². The molecule has 2 aromatic rings. The van der Waals surface area contributed by atoms with Crippen LogP contribution in [0.1, 0.15) is 16.8 Å². The van der Waals surface area contributed by atoms with Crippen molar-refractivity contribution >= 4 is 5.97 Å². The number of nitrogens with zero attached hydrogens (tertiary/aromatic N) is 2. The lowest BCUT2D eigenvalue weighted by molar-refractivity contribution is 0.0600. The SMILES string of the molecule is COC(=O)c1ccc(OCCCn2ccnc2)cc1. The van der Waals surface area contributed by atoms with Crippen molar-refractivity contribution in [2.45, 2.75) is 13.0 Å². The van der Waals surface area contributed by atoms with Gasteiger partial charge in [0.05, 0.1) is 25.6 Å². The summed E-state index contributed by atoms with van der Waals surface area (Å²) in [5.41, 5.74) is 0.522. The Hall–Kier alpha value is -2.30. The highest BCUT2D eigenvalue weighted by Crippen LogP contribution is 2.13. The van der Waals surface area contributed by atoms with Crippen LogP contribution in [0.4, 0.5) is 0 Å². The van der Waals surface area contributed by atoms with Gasteiger partial charge < -0.3 is 14.0 Å². The van der Waals surface area contributed by atoms with Crippen molar-refractivity contribution in [1.29, 1.82) is 0 Å². The summed E-state index contributed by atoms with van der Waals surface area (Å²) in [6.07, 6.45) is 6.36. The molecule has 1 heterocycles. The molecule has 1 aromatic heterocycles. The molecule has 0 aliphatic heterocycles. The van der Waals surface area contributed by atoms with E-state index in [9.17, 15) is 4.79 Å². The number of aryl methyl sites for hydroxylation is 1. The zero-order valence-corrected chi connectivity index (χ0v) is 10.8. The molecule has 0 amide bonds. The molecule has 2 rings (SSSR count). The third kappa shape index (κ3) is 3.84. The largest absolute Gasteiger partial charge is 0.494 e. The Morgan fingerprint density at radius 2 is 2.11 bits per heavy atom. The lowest BCUT2D eigenvalue weighted by Gasteiger charge is -2.07. The van der Waals surface area contributed by atoms with Crippen LogP contribution in [0, 0.1) is 0 Å². The van der Waals surface area contributed by atoms with Crippen LogP contribution >= 0.6 is 0 Å². The van der Waals surface area contributed by atoms with Crippen LogP contribution < -0.4 is 4.74 Å². The number of methoxy groups -OCH3 is 1. The molecule has 0 spiro atoms. The first-order chi connectivity index (χ1) is 9.29. The molecule has 0 fully saturated rings. The molecule has 0 saturated carbocycles. The maximum absolute atomic E-state index is 11.2. The standard InChI is InChI=1S/C14H16N2O3/c1-18-14(17)12-3-5-13(6-4-12)19-10-2-8-16-9-7-15-11-16/h3-7,9,11H,2,8,10H2,1H3. The summed E-state index contributed by atoms with van der Waals surface area (Å²) in [4.78, 5) is 15.2. The van der Waals surface area contributed by atoms with Crippen LogP contribution in [0.3, 0.4) is 0 Å². The number of hydrogen-bond acceptors (Lipinski definition) is 4. The van der Waals surface area contributed by atoms with Gasteiger partial charge in [-0.2, -0.15) is 0 Å². The molecule has 0 bridgehead atoms. The van der Waals surface area contributed by atoms with Crippen LogP contribution in [0.2, 0.25) is 0 Å². The van der Waals surface area contributed by atoms with Gasteiger partial charge in [-0.1, -0.05) is 0 Å². The highest BCUT2D eigenvalue weighted by atomic mass is 16.5. The topological polar surface area (TPSA) is 53.4 Å². The molecule has 19 heavy (non-hydrogen) atoms. The second kappa shape index (κ2) is 6.58. The molecule has 0 aliphatic rings. The van der Waals surface area contributed by atoms with Crippen molar-refractivity contribution in [1.82, 2.24) is 9.55 Å². The number of esters is 1. The molecule has 0 radical (unpaired) electrons. The van der Waals surface area contributed by atoms with Crippen LogP contribution in [0.5, 0.6) is 5.75 Å². The van der Waals surface area contributed by atoms with Crippen molar-refractivity contribution in [2.75, 3.05) is 13.7 Å². The van der Waals surface area contributed by atoms with Gasteiger partial charge in [0.25, 0.3) is 0 Å². The second-order valence-corrected chi connectivity index (χ2v) is 4.02. The Morgan fingerprint density at radius 3 is 2.74 bits per heavy atom. The van der Waals surface area contributed by atoms with Crippen LogP contribution in [-0.4, -0.2) is 29.2 Å². The molecule has 0 atom stereocenters. The van der Waals surface area contributed by atoms with Crippen molar-refractivity contribution in [3.05, 3.63) is 48.5 Å². The summed E-state index contributed by atoms with van der Waals surface area (Å²) in [5.74, 6) is 0.407. The van der Waals surface area contributed by atoms with Crippen molar-refractivity contribution in [3.8, 4) is 5.75 Å². The minimum absolute atomic E-state index is 0.341. The number of aromatic nitrogens is 2. The molecular formula is C14H16N2O3.